The summed E-state index contributed by atoms with van der Waals surface area (Å²) in [5.41, 5.74) is 3.10. The van der Waals surface area contributed by atoms with Crippen LogP contribution in [0.1, 0.15) is 22.6 Å². The Morgan fingerprint density at radius 2 is 2.15 bits per heavy atom. The molecule has 3 heteroatoms. The minimum absolute atomic E-state index is 0.432. The highest BCUT2D eigenvalue weighted by Crippen LogP contribution is 2.39. The molecule has 1 aliphatic heterocycles. The summed E-state index contributed by atoms with van der Waals surface area (Å²) in [5, 5.41) is 8.95. The van der Waals surface area contributed by atoms with Gasteiger partial charge in [0.05, 0.1) is 18.2 Å². The summed E-state index contributed by atoms with van der Waals surface area (Å²) in [7, 11) is 0. The molecular formula is C17H15NOS. The minimum Gasteiger partial charge on any atom is -0.493 e. The van der Waals surface area contributed by atoms with Crippen molar-refractivity contribution >= 4 is 11.8 Å². The van der Waals surface area contributed by atoms with Crippen molar-refractivity contribution in [2.75, 3.05) is 12.4 Å². The maximum atomic E-state index is 8.95. The number of rotatable bonds is 3. The molecule has 3 rings (SSSR count). The van der Waals surface area contributed by atoms with Gasteiger partial charge in [-0.25, -0.2) is 0 Å². The average molecular weight is 281 g/mol. The van der Waals surface area contributed by atoms with Crippen molar-refractivity contribution in [1.29, 1.82) is 5.26 Å². The van der Waals surface area contributed by atoms with Gasteiger partial charge in [0.25, 0.3) is 0 Å². The van der Waals surface area contributed by atoms with Gasteiger partial charge in [-0.05, 0) is 36.2 Å². The number of hydrogen-bond donors (Lipinski definition) is 0. The van der Waals surface area contributed by atoms with E-state index in [2.05, 4.69) is 30.3 Å². The lowest BCUT2D eigenvalue weighted by molar-refractivity contribution is 0.296. The van der Waals surface area contributed by atoms with Gasteiger partial charge in [-0.1, -0.05) is 24.3 Å². The van der Waals surface area contributed by atoms with E-state index in [0.717, 1.165) is 17.1 Å². The van der Waals surface area contributed by atoms with Crippen LogP contribution in [0.15, 0.2) is 47.4 Å². The molecule has 0 radical (unpaired) electrons. The zero-order valence-electron chi connectivity index (χ0n) is 11.3. The van der Waals surface area contributed by atoms with Crippen LogP contribution in [0.3, 0.4) is 0 Å². The van der Waals surface area contributed by atoms with Crippen LogP contribution < -0.4 is 4.74 Å². The van der Waals surface area contributed by atoms with Gasteiger partial charge in [0, 0.05) is 16.6 Å². The summed E-state index contributed by atoms with van der Waals surface area (Å²) in [6.45, 7) is 2.67. The molecular weight excluding hydrogens is 266 g/mol. The van der Waals surface area contributed by atoms with Crippen LogP contribution in [0.25, 0.3) is 0 Å². The van der Waals surface area contributed by atoms with Crippen LogP contribution in [-0.2, 0) is 0 Å². The van der Waals surface area contributed by atoms with Crippen LogP contribution in [0, 0.1) is 18.3 Å². The Bertz CT molecular complexity index is 675. The Hall–Kier alpha value is -1.92. The minimum atomic E-state index is 0.432. The topological polar surface area (TPSA) is 33.0 Å². The number of thioether (sulfide) groups is 1. The molecule has 0 aromatic heterocycles. The number of nitriles is 1. The highest BCUT2D eigenvalue weighted by atomic mass is 32.2. The number of aryl methyl sites for hydroxylation is 1. The van der Waals surface area contributed by atoms with E-state index in [4.69, 9.17) is 10.00 Å². The predicted molar refractivity (Wildman–Crippen MR) is 81.3 cm³/mol. The lowest BCUT2D eigenvalue weighted by Gasteiger charge is -2.14. The highest BCUT2D eigenvalue weighted by molar-refractivity contribution is 7.99. The number of fused-ring (bicyclic) bond motifs is 1. The van der Waals surface area contributed by atoms with Crippen LogP contribution in [0.5, 0.6) is 5.75 Å². The van der Waals surface area contributed by atoms with Crippen LogP contribution in [0.2, 0.25) is 0 Å². The molecule has 2 aromatic rings. The van der Waals surface area contributed by atoms with Crippen LogP contribution >= 0.6 is 11.8 Å². The van der Waals surface area contributed by atoms with Crippen molar-refractivity contribution < 1.29 is 4.74 Å². The average Bonchev–Trinajstić information content (AvgIpc) is 2.90. The van der Waals surface area contributed by atoms with Crippen molar-refractivity contribution in [2.24, 2.45) is 0 Å². The summed E-state index contributed by atoms with van der Waals surface area (Å²) in [4.78, 5) is 1.36. The molecule has 0 N–H and O–H groups in total. The molecule has 0 bridgehead atoms. The van der Waals surface area contributed by atoms with E-state index >= 15 is 0 Å². The van der Waals surface area contributed by atoms with Crippen molar-refractivity contribution in [2.45, 2.75) is 17.7 Å². The van der Waals surface area contributed by atoms with Crippen LogP contribution in [0.4, 0.5) is 0 Å². The second-order valence-corrected chi connectivity index (χ2v) is 6.01. The lowest BCUT2D eigenvalue weighted by Crippen LogP contribution is -2.10. The number of nitrogens with zero attached hydrogens (tertiary/aromatic N) is 1. The van der Waals surface area contributed by atoms with Gasteiger partial charge in [-0.15, -0.1) is 11.8 Å². The van der Waals surface area contributed by atoms with Gasteiger partial charge < -0.3 is 4.74 Å². The van der Waals surface area contributed by atoms with Crippen LogP contribution in [-0.4, -0.2) is 12.4 Å². The van der Waals surface area contributed by atoms with E-state index < -0.39 is 0 Å². The first-order valence-corrected chi connectivity index (χ1v) is 7.62. The normalized spacial score (nSPS) is 16.5. The van der Waals surface area contributed by atoms with Crippen molar-refractivity contribution in [3.8, 4) is 11.8 Å². The molecule has 0 aliphatic carbocycles. The molecule has 100 valence electrons. The zero-order valence-corrected chi connectivity index (χ0v) is 12.1. The molecule has 2 aromatic carbocycles. The third-order valence-corrected chi connectivity index (χ3v) is 4.81. The van der Waals surface area contributed by atoms with Crippen molar-refractivity contribution in [3.05, 3.63) is 59.2 Å². The molecule has 0 saturated carbocycles. The first-order chi connectivity index (χ1) is 9.78. The highest BCUT2D eigenvalue weighted by Gasteiger charge is 2.23. The fourth-order valence-electron chi connectivity index (χ4n) is 2.38. The van der Waals surface area contributed by atoms with E-state index in [9.17, 15) is 0 Å². The standard InChI is InChI=1S/C17H15NOS/c1-12-6-7-13(9-18)8-16(12)19-10-14-11-20-17-5-3-2-4-15(14)17/h2-8,14H,10-11H2,1H3. The first-order valence-electron chi connectivity index (χ1n) is 6.63. The maximum absolute atomic E-state index is 8.95. The lowest BCUT2D eigenvalue weighted by atomic mass is 10.0. The smallest absolute Gasteiger partial charge is 0.123 e. The van der Waals surface area contributed by atoms with E-state index in [1.54, 1.807) is 0 Å². The molecule has 0 saturated heterocycles. The van der Waals surface area contributed by atoms with E-state index in [-0.39, 0.29) is 0 Å². The predicted octanol–water partition coefficient (Wildman–Crippen LogP) is 4.14. The van der Waals surface area contributed by atoms with Gasteiger partial charge >= 0.3 is 0 Å². The molecule has 1 unspecified atom stereocenters. The Labute approximate surface area is 123 Å². The molecule has 0 fully saturated rings. The third kappa shape index (κ3) is 2.52. The van der Waals surface area contributed by atoms with Gasteiger partial charge in [-0.3, -0.25) is 0 Å². The molecule has 1 aliphatic rings. The van der Waals surface area contributed by atoms with Crippen molar-refractivity contribution in [3.63, 3.8) is 0 Å². The SMILES string of the molecule is Cc1ccc(C#N)cc1OCC1CSc2ccccc21. The molecule has 1 heterocycles. The Morgan fingerprint density at radius 1 is 1.30 bits per heavy atom. The van der Waals surface area contributed by atoms with E-state index in [1.807, 2.05) is 36.9 Å². The van der Waals surface area contributed by atoms with Gasteiger partial charge in [0.2, 0.25) is 0 Å². The summed E-state index contributed by atoms with van der Waals surface area (Å²) in [5.74, 6) is 2.32. The molecule has 0 spiro atoms. The third-order valence-electron chi connectivity index (χ3n) is 3.56. The summed E-state index contributed by atoms with van der Waals surface area (Å²) < 4.78 is 5.96. The quantitative estimate of drug-likeness (QED) is 0.848. The monoisotopic (exact) mass is 281 g/mol. The second kappa shape index (κ2) is 5.60. The Kier molecular flexibility index (Phi) is 3.66. The molecule has 20 heavy (non-hydrogen) atoms. The number of ether oxygens (including phenoxy) is 1. The fraction of sp³-hybridized carbons (Fsp3) is 0.235. The number of hydrogen-bond acceptors (Lipinski definition) is 3. The molecule has 1 atom stereocenters. The largest absolute Gasteiger partial charge is 0.493 e. The van der Waals surface area contributed by atoms with E-state index in [1.165, 1.54) is 10.5 Å². The first kappa shape index (κ1) is 13.1. The fourth-order valence-corrected chi connectivity index (χ4v) is 3.62. The second-order valence-electron chi connectivity index (χ2n) is 4.95. The van der Waals surface area contributed by atoms with E-state index in [0.29, 0.717) is 18.1 Å². The molecule has 2 nitrogen and oxygen atoms in total. The number of benzene rings is 2. The maximum Gasteiger partial charge on any atom is 0.123 e. The summed E-state index contributed by atoms with van der Waals surface area (Å²) >= 11 is 1.89. The van der Waals surface area contributed by atoms with Gasteiger partial charge in [-0.2, -0.15) is 5.26 Å². The van der Waals surface area contributed by atoms with Crippen molar-refractivity contribution in [1.82, 2.24) is 0 Å². The Morgan fingerprint density at radius 3 is 3.00 bits per heavy atom. The Balaban J connectivity index is 1.74. The summed E-state index contributed by atoms with van der Waals surface area (Å²) in [6.07, 6.45) is 0. The zero-order chi connectivity index (χ0) is 13.9. The molecule has 0 amide bonds. The summed E-state index contributed by atoms with van der Waals surface area (Å²) in [6, 6.07) is 16.2. The van der Waals surface area contributed by atoms with Gasteiger partial charge in [0.15, 0.2) is 0 Å². The van der Waals surface area contributed by atoms with Gasteiger partial charge in [0.1, 0.15) is 5.75 Å².